The van der Waals surface area contributed by atoms with Gasteiger partial charge in [0.05, 0.1) is 11.9 Å². The third-order valence-electron chi connectivity index (χ3n) is 4.98. The number of hydrogen-bond acceptors (Lipinski definition) is 3. The van der Waals surface area contributed by atoms with Gasteiger partial charge in [-0.2, -0.15) is 5.10 Å². The van der Waals surface area contributed by atoms with Crippen molar-refractivity contribution in [3.63, 3.8) is 0 Å². The molecule has 1 amide bonds. The van der Waals surface area contributed by atoms with Gasteiger partial charge in [-0.05, 0) is 54.8 Å². The lowest BCUT2D eigenvalue weighted by molar-refractivity contribution is 0.0928. The molecule has 4 rings (SSSR count). The summed E-state index contributed by atoms with van der Waals surface area (Å²) < 4.78 is 33.7. The number of aromatic nitrogens is 2. The first kappa shape index (κ1) is 19.1. The van der Waals surface area contributed by atoms with E-state index in [1.54, 1.807) is 30.5 Å². The summed E-state index contributed by atoms with van der Waals surface area (Å²) >= 11 is 0. The van der Waals surface area contributed by atoms with E-state index in [1.807, 2.05) is 0 Å². The van der Waals surface area contributed by atoms with Gasteiger partial charge in [0.25, 0.3) is 5.91 Å². The molecule has 1 saturated carbocycles. The Morgan fingerprint density at radius 1 is 1.03 bits per heavy atom. The van der Waals surface area contributed by atoms with Crippen molar-refractivity contribution in [2.75, 3.05) is 0 Å². The molecule has 29 heavy (non-hydrogen) atoms. The number of rotatable bonds is 6. The number of nitrogens with zero attached hydrogens (tertiary/aromatic N) is 2. The first-order valence-electron chi connectivity index (χ1n) is 9.62. The van der Waals surface area contributed by atoms with Gasteiger partial charge in [-0.25, -0.2) is 13.5 Å². The fourth-order valence-corrected chi connectivity index (χ4v) is 3.41. The number of carbonyl (C=O) groups is 1. The Balaban J connectivity index is 1.58. The zero-order chi connectivity index (χ0) is 20.2. The Kier molecular flexibility index (Phi) is 5.55. The standard InChI is InChI=1S/C22H21F2N3O2/c23-16-7-5-15(6-8-16)14-29-20-13-27(19-11-9-17(24)10-12-19)26-21(20)22(28)25-18-3-1-2-4-18/h5-13,18H,1-4,14H2,(H,25,28). The first-order chi connectivity index (χ1) is 14.1. The van der Waals surface area contributed by atoms with E-state index in [1.165, 1.54) is 28.9 Å². The zero-order valence-corrected chi connectivity index (χ0v) is 15.8. The molecule has 0 bridgehead atoms. The molecule has 7 heteroatoms. The van der Waals surface area contributed by atoms with Crippen LogP contribution in [0.25, 0.3) is 5.69 Å². The second-order valence-electron chi connectivity index (χ2n) is 7.13. The van der Waals surface area contributed by atoms with Crippen LogP contribution in [0, 0.1) is 11.6 Å². The number of halogens is 2. The molecule has 0 radical (unpaired) electrons. The summed E-state index contributed by atoms with van der Waals surface area (Å²) in [6, 6.07) is 11.9. The fraction of sp³-hybridized carbons (Fsp3) is 0.273. The van der Waals surface area contributed by atoms with Crippen molar-refractivity contribution in [1.82, 2.24) is 15.1 Å². The fourth-order valence-electron chi connectivity index (χ4n) is 3.41. The third-order valence-corrected chi connectivity index (χ3v) is 4.98. The minimum Gasteiger partial charge on any atom is -0.485 e. The molecular weight excluding hydrogens is 376 g/mol. The lowest BCUT2D eigenvalue weighted by Gasteiger charge is -2.11. The maximum atomic E-state index is 13.2. The second-order valence-corrected chi connectivity index (χ2v) is 7.13. The number of benzene rings is 2. The van der Waals surface area contributed by atoms with E-state index in [0.717, 1.165) is 31.2 Å². The highest BCUT2D eigenvalue weighted by atomic mass is 19.1. The molecule has 1 aliphatic rings. The number of hydrogen-bond donors (Lipinski definition) is 1. The Labute approximate surface area is 167 Å². The molecule has 1 fully saturated rings. The van der Waals surface area contributed by atoms with Crippen molar-refractivity contribution < 1.29 is 18.3 Å². The topological polar surface area (TPSA) is 56.2 Å². The highest BCUT2D eigenvalue weighted by molar-refractivity contribution is 5.95. The monoisotopic (exact) mass is 397 g/mol. The normalized spacial score (nSPS) is 14.1. The van der Waals surface area contributed by atoms with Gasteiger partial charge in [0.2, 0.25) is 0 Å². The van der Waals surface area contributed by atoms with Crippen LogP contribution in [-0.2, 0) is 6.61 Å². The van der Waals surface area contributed by atoms with Crippen LogP contribution < -0.4 is 10.1 Å². The number of amides is 1. The molecule has 5 nitrogen and oxygen atoms in total. The third kappa shape index (κ3) is 4.62. The van der Waals surface area contributed by atoms with Crippen molar-refractivity contribution in [3.8, 4) is 11.4 Å². The molecule has 0 aliphatic heterocycles. The highest BCUT2D eigenvalue weighted by Crippen LogP contribution is 2.23. The van der Waals surface area contributed by atoms with E-state index in [-0.39, 0.29) is 35.9 Å². The summed E-state index contributed by atoms with van der Waals surface area (Å²) in [6.45, 7) is 0.166. The largest absolute Gasteiger partial charge is 0.485 e. The molecule has 0 unspecified atom stereocenters. The Morgan fingerprint density at radius 3 is 2.31 bits per heavy atom. The van der Waals surface area contributed by atoms with Crippen molar-refractivity contribution in [2.45, 2.75) is 38.3 Å². The summed E-state index contributed by atoms with van der Waals surface area (Å²) in [6.07, 6.45) is 5.71. The molecule has 1 aromatic heterocycles. The summed E-state index contributed by atoms with van der Waals surface area (Å²) in [5, 5.41) is 7.39. The minimum absolute atomic E-state index is 0.142. The predicted octanol–water partition coefficient (Wildman–Crippen LogP) is 4.40. The average molecular weight is 397 g/mol. The summed E-state index contributed by atoms with van der Waals surface area (Å²) in [7, 11) is 0. The lowest BCUT2D eigenvalue weighted by atomic mass is 10.2. The number of carbonyl (C=O) groups excluding carboxylic acids is 1. The molecule has 2 aromatic carbocycles. The van der Waals surface area contributed by atoms with Gasteiger partial charge in [0, 0.05) is 6.04 Å². The van der Waals surface area contributed by atoms with Crippen LogP contribution in [0.2, 0.25) is 0 Å². The summed E-state index contributed by atoms with van der Waals surface area (Å²) in [5.41, 5.74) is 1.55. The van der Waals surface area contributed by atoms with E-state index in [9.17, 15) is 13.6 Å². The Bertz CT molecular complexity index is 978. The van der Waals surface area contributed by atoms with Crippen LogP contribution in [0.1, 0.15) is 41.7 Å². The molecule has 1 aliphatic carbocycles. The molecule has 3 aromatic rings. The van der Waals surface area contributed by atoms with Gasteiger partial charge in [0.1, 0.15) is 18.2 Å². The van der Waals surface area contributed by atoms with Crippen molar-refractivity contribution in [2.24, 2.45) is 0 Å². The lowest BCUT2D eigenvalue weighted by Crippen LogP contribution is -2.33. The zero-order valence-electron chi connectivity index (χ0n) is 15.8. The molecule has 0 atom stereocenters. The van der Waals surface area contributed by atoms with Crippen LogP contribution in [0.3, 0.4) is 0 Å². The van der Waals surface area contributed by atoms with E-state index >= 15 is 0 Å². The van der Waals surface area contributed by atoms with Crippen molar-refractivity contribution >= 4 is 5.91 Å². The van der Waals surface area contributed by atoms with Crippen LogP contribution in [0.15, 0.2) is 54.7 Å². The van der Waals surface area contributed by atoms with Gasteiger partial charge in [-0.1, -0.05) is 25.0 Å². The van der Waals surface area contributed by atoms with E-state index in [2.05, 4.69) is 10.4 Å². The van der Waals surface area contributed by atoms with Gasteiger partial charge < -0.3 is 10.1 Å². The van der Waals surface area contributed by atoms with Crippen LogP contribution in [-0.4, -0.2) is 21.7 Å². The van der Waals surface area contributed by atoms with Crippen LogP contribution >= 0.6 is 0 Å². The smallest absolute Gasteiger partial charge is 0.275 e. The summed E-state index contributed by atoms with van der Waals surface area (Å²) in [4.78, 5) is 12.8. The molecular formula is C22H21F2N3O2. The van der Waals surface area contributed by atoms with Gasteiger partial charge in [-0.3, -0.25) is 4.79 Å². The quantitative estimate of drug-likeness (QED) is 0.671. The van der Waals surface area contributed by atoms with Gasteiger partial charge in [-0.15, -0.1) is 0 Å². The predicted molar refractivity (Wildman–Crippen MR) is 104 cm³/mol. The number of nitrogens with one attached hydrogen (secondary N) is 1. The van der Waals surface area contributed by atoms with Gasteiger partial charge >= 0.3 is 0 Å². The highest BCUT2D eigenvalue weighted by Gasteiger charge is 2.23. The van der Waals surface area contributed by atoms with E-state index in [4.69, 9.17) is 4.74 Å². The Morgan fingerprint density at radius 2 is 1.66 bits per heavy atom. The number of ether oxygens (including phenoxy) is 1. The summed E-state index contributed by atoms with van der Waals surface area (Å²) in [5.74, 6) is -0.664. The molecule has 0 spiro atoms. The van der Waals surface area contributed by atoms with E-state index in [0.29, 0.717) is 11.4 Å². The van der Waals surface area contributed by atoms with Gasteiger partial charge in [0.15, 0.2) is 11.4 Å². The molecule has 1 N–H and O–H groups in total. The van der Waals surface area contributed by atoms with Crippen LogP contribution in [0.4, 0.5) is 8.78 Å². The molecule has 0 saturated heterocycles. The van der Waals surface area contributed by atoms with E-state index < -0.39 is 0 Å². The maximum absolute atomic E-state index is 13.2. The molecule has 1 heterocycles. The second kappa shape index (κ2) is 8.43. The molecule has 150 valence electrons. The average Bonchev–Trinajstić information content (AvgIpc) is 3.38. The SMILES string of the molecule is O=C(NC1CCCC1)c1nn(-c2ccc(F)cc2)cc1OCc1ccc(F)cc1. The maximum Gasteiger partial charge on any atom is 0.275 e. The van der Waals surface area contributed by atoms with Crippen LogP contribution in [0.5, 0.6) is 5.75 Å². The first-order valence-corrected chi connectivity index (χ1v) is 9.62. The minimum atomic E-state index is -0.354. The Hall–Kier alpha value is -3.22. The van der Waals surface area contributed by atoms with Crippen molar-refractivity contribution in [3.05, 3.63) is 77.6 Å². The van der Waals surface area contributed by atoms with Crippen molar-refractivity contribution in [1.29, 1.82) is 0 Å².